The Balaban J connectivity index is 2.46. The number of hydrogen-bond acceptors (Lipinski definition) is 1. The maximum Gasteiger partial charge on any atom is 0.0107 e. The molecule has 2 unspecified atom stereocenters. The van der Waals surface area contributed by atoms with Crippen molar-refractivity contribution in [2.75, 3.05) is 0 Å². The standard InChI is InChI=1S/C14H20S/c1-9-5-4-6-12(9)13-10(2)7-8-11(3)14(13)15/h7-9,12,15H,4-6H2,1-3H3. The molecule has 0 aromatic heterocycles. The van der Waals surface area contributed by atoms with E-state index < -0.39 is 0 Å². The molecule has 1 saturated carbocycles. The van der Waals surface area contributed by atoms with Crippen molar-refractivity contribution >= 4 is 12.6 Å². The normalized spacial score (nSPS) is 25.9. The van der Waals surface area contributed by atoms with Crippen LogP contribution in [-0.4, -0.2) is 0 Å². The molecule has 0 bridgehead atoms. The fourth-order valence-corrected chi connectivity index (χ4v) is 3.28. The Hall–Kier alpha value is -0.430. The summed E-state index contributed by atoms with van der Waals surface area (Å²) in [5.74, 6) is 1.58. The molecule has 15 heavy (non-hydrogen) atoms. The average Bonchev–Trinajstić information content (AvgIpc) is 2.60. The quantitative estimate of drug-likeness (QED) is 0.662. The smallest absolute Gasteiger partial charge is 0.0107 e. The predicted octanol–water partition coefficient (Wildman–Crippen LogP) is 4.50. The molecule has 1 heteroatoms. The largest absolute Gasteiger partial charge is 0.143 e. The molecule has 0 heterocycles. The van der Waals surface area contributed by atoms with Crippen molar-refractivity contribution in [2.24, 2.45) is 5.92 Å². The van der Waals surface area contributed by atoms with E-state index in [1.165, 1.54) is 40.8 Å². The van der Waals surface area contributed by atoms with E-state index in [4.69, 9.17) is 12.6 Å². The molecule has 0 radical (unpaired) electrons. The molecule has 0 aliphatic heterocycles. The van der Waals surface area contributed by atoms with Gasteiger partial charge in [0.2, 0.25) is 0 Å². The molecule has 2 rings (SSSR count). The van der Waals surface area contributed by atoms with Crippen LogP contribution >= 0.6 is 12.6 Å². The maximum absolute atomic E-state index is 4.70. The van der Waals surface area contributed by atoms with E-state index in [0.29, 0.717) is 0 Å². The number of benzene rings is 1. The number of rotatable bonds is 1. The van der Waals surface area contributed by atoms with E-state index in [9.17, 15) is 0 Å². The lowest BCUT2D eigenvalue weighted by Gasteiger charge is -2.21. The first kappa shape index (κ1) is 11.1. The highest BCUT2D eigenvalue weighted by Gasteiger charge is 2.27. The maximum atomic E-state index is 4.70. The molecule has 1 aromatic rings. The highest BCUT2D eigenvalue weighted by Crippen LogP contribution is 2.43. The Bertz CT molecular complexity index is 368. The second kappa shape index (κ2) is 4.21. The van der Waals surface area contributed by atoms with Crippen LogP contribution in [-0.2, 0) is 0 Å². The van der Waals surface area contributed by atoms with Crippen LogP contribution in [0.3, 0.4) is 0 Å². The van der Waals surface area contributed by atoms with E-state index in [2.05, 4.69) is 32.9 Å². The van der Waals surface area contributed by atoms with Crippen LogP contribution < -0.4 is 0 Å². The van der Waals surface area contributed by atoms with Gasteiger partial charge < -0.3 is 0 Å². The average molecular weight is 220 g/mol. The van der Waals surface area contributed by atoms with Crippen LogP contribution in [0.2, 0.25) is 0 Å². The van der Waals surface area contributed by atoms with Gasteiger partial charge in [0.1, 0.15) is 0 Å². The van der Waals surface area contributed by atoms with Gasteiger partial charge >= 0.3 is 0 Å². The van der Waals surface area contributed by atoms with Crippen LogP contribution in [0.5, 0.6) is 0 Å². The van der Waals surface area contributed by atoms with Crippen molar-refractivity contribution in [1.82, 2.24) is 0 Å². The van der Waals surface area contributed by atoms with Gasteiger partial charge in [0.25, 0.3) is 0 Å². The molecule has 1 aliphatic carbocycles. The van der Waals surface area contributed by atoms with Crippen molar-refractivity contribution in [2.45, 2.75) is 50.8 Å². The van der Waals surface area contributed by atoms with E-state index in [-0.39, 0.29) is 0 Å². The topological polar surface area (TPSA) is 0 Å². The lowest BCUT2D eigenvalue weighted by Crippen LogP contribution is -2.06. The van der Waals surface area contributed by atoms with Gasteiger partial charge in [-0.3, -0.25) is 0 Å². The highest BCUT2D eigenvalue weighted by molar-refractivity contribution is 7.80. The summed E-state index contributed by atoms with van der Waals surface area (Å²) in [5, 5.41) is 0. The highest BCUT2D eigenvalue weighted by atomic mass is 32.1. The second-order valence-electron chi connectivity index (χ2n) is 4.98. The van der Waals surface area contributed by atoms with Crippen molar-refractivity contribution in [3.63, 3.8) is 0 Å². The van der Waals surface area contributed by atoms with Gasteiger partial charge in [-0.2, -0.15) is 0 Å². The molecule has 0 N–H and O–H groups in total. The molecule has 0 spiro atoms. The van der Waals surface area contributed by atoms with Crippen LogP contribution in [0, 0.1) is 19.8 Å². The zero-order valence-corrected chi connectivity index (χ0v) is 10.8. The third-order valence-electron chi connectivity index (χ3n) is 3.87. The Morgan fingerprint density at radius 1 is 1.13 bits per heavy atom. The van der Waals surface area contributed by atoms with Crippen molar-refractivity contribution in [3.8, 4) is 0 Å². The van der Waals surface area contributed by atoms with Gasteiger partial charge in [-0.25, -0.2) is 0 Å². The summed E-state index contributed by atoms with van der Waals surface area (Å²) in [5.41, 5.74) is 4.26. The Morgan fingerprint density at radius 2 is 1.80 bits per heavy atom. The molecule has 0 nitrogen and oxygen atoms in total. The van der Waals surface area contributed by atoms with Gasteiger partial charge in [0.05, 0.1) is 0 Å². The minimum Gasteiger partial charge on any atom is -0.143 e. The Kier molecular flexibility index (Phi) is 3.11. The molecule has 0 amide bonds. The van der Waals surface area contributed by atoms with Crippen LogP contribution in [0.25, 0.3) is 0 Å². The van der Waals surface area contributed by atoms with Gasteiger partial charge in [-0.1, -0.05) is 31.9 Å². The SMILES string of the molecule is Cc1ccc(C)c(C2CCCC2C)c1S. The second-order valence-corrected chi connectivity index (χ2v) is 5.42. The van der Waals surface area contributed by atoms with Crippen LogP contribution in [0.15, 0.2) is 17.0 Å². The van der Waals surface area contributed by atoms with Crippen molar-refractivity contribution in [1.29, 1.82) is 0 Å². The lowest BCUT2D eigenvalue weighted by atomic mass is 9.86. The molecule has 1 aromatic carbocycles. The van der Waals surface area contributed by atoms with Gasteiger partial charge in [0, 0.05) is 4.90 Å². The third kappa shape index (κ3) is 1.94. The van der Waals surface area contributed by atoms with E-state index in [1.54, 1.807) is 0 Å². The van der Waals surface area contributed by atoms with Gasteiger partial charge in [0.15, 0.2) is 0 Å². The van der Waals surface area contributed by atoms with E-state index >= 15 is 0 Å². The van der Waals surface area contributed by atoms with Crippen molar-refractivity contribution < 1.29 is 0 Å². The zero-order chi connectivity index (χ0) is 11.0. The fourth-order valence-electron chi connectivity index (χ4n) is 2.86. The molecule has 0 saturated heterocycles. The predicted molar refractivity (Wildman–Crippen MR) is 68.9 cm³/mol. The molecule has 1 fully saturated rings. The number of hydrogen-bond donors (Lipinski definition) is 1. The Morgan fingerprint density at radius 3 is 2.40 bits per heavy atom. The fraction of sp³-hybridized carbons (Fsp3) is 0.571. The zero-order valence-electron chi connectivity index (χ0n) is 9.88. The number of thiol groups is 1. The molecule has 1 aliphatic rings. The summed E-state index contributed by atoms with van der Waals surface area (Å²) in [6.45, 7) is 6.76. The lowest BCUT2D eigenvalue weighted by molar-refractivity contribution is 0.524. The first-order valence-electron chi connectivity index (χ1n) is 5.90. The van der Waals surface area contributed by atoms with Gasteiger partial charge in [-0.05, 0) is 48.8 Å². The first-order chi connectivity index (χ1) is 7.11. The number of aryl methyl sites for hydroxylation is 2. The van der Waals surface area contributed by atoms with E-state index in [0.717, 1.165) is 11.8 Å². The van der Waals surface area contributed by atoms with Crippen LogP contribution in [0.1, 0.15) is 48.8 Å². The third-order valence-corrected chi connectivity index (χ3v) is 4.46. The molecule has 2 atom stereocenters. The van der Waals surface area contributed by atoms with E-state index in [1.807, 2.05) is 0 Å². The molecular formula is C14H20S. The molecule has 82 valence electrons. The Labute approximate surface area is 98.5 Å². The monoisotopic (exact) mass is 220 g/mol. The summed E-state index contributed by atoms with van der Waals surface area (Å²) >= 11 is 4.70. The minimum atomic E-state index is 0.748. The summed E-state index contributed by atoms with van der Waals surface area (Å²) in [6, 6.07) is 4.43. The first-order valence-corrected chi connectivity index (χ1v) is 6.35. The molecular weight excluding hydrogens is 200 g/mol. The van der Waals surface area contributed by atoms with Gasteiger partial charge in [-0.15, -0.1) is 12.6 Å². The summed E-state index contributed by atoms with van der Waals surface area (Å²) in [7, 11) is 0. The minimum absolute atomic E-state index is 0.748. The van der Waals surface area contributed by atoms with Crippen molar-refractivity contribution in [3.05, 3.63) is 28.8 Å². The summed E-state index contributed by atoms with van der Waals surface area (Å²) < 4.78 is 0. The summed E-state index contributed by atoms with van der Waals surface area (Å²) in [4.78, 5) is 1.23. The summed E-state index contributed by atoms with van der Waals surface area (Å²) in [6.07, 6.45) is 4.11. The van der Waals surface area contributed by atoms with Crippen LogP contribution in [0.4, 0.5) is 0 Å².